The third-order valence-corrected chi connectivity index (χ3v) is 2.96. The van der Waals surface area contributed by atoms with Crippen molar-refractivity contribution in [2.45, 2.75) is 20.3 Å². The summed E-state index contributed by atoms with van der Waals surface area (Å²) in [7, 11) is 1.36. The number of nitrogens with one attached hydrogen (secondary N) is 3. The van der Waals surface area contributed by atoms with Crippen LogP contribution in [0.25, 0.3) is 0 Å². The van der Waals surface area contributed by atoms with Crippen molar-refractivity contribution >= 4 is 23.2 Å². The molecular weight excluding hydrogens is 293 g/mol. The van der Waals surface area contributed by atoms with Gasteiger partial charge in [0.15, 0.2) is 16.7 Å². The van der Waals surface area contributed by atoms with Crippen LogP contribution in [0.2, 0.25) is 0 Å². The number of carbonyl (C=O) groups is 1. The van der Waals surface area contributed by atoms with Gasteiger partial charge in [-0.15, -0.1) is 0 Å². The van der Waals surface area contributed by atoms with E-state index >= 15 is 0 Å². The number of amides is 1. The number of halogens is 1. The zero-order valence-corrected chi connectivity index (χ0v) is 13.1. The van der Waals surface area contributed by atoms with Crippen LogP contribution < -0.4 is 20.9 Å². The van der Waals surface area contributed by atoms with Crippen LogP contribution in [0.4, 0.5) is 4.39 Å². The molecule has 1 amide bonds. The number of hydrazine groups is 1. The van der Waals surface area contributed by atoms with Crippen molar-refractivity contribution in [1.82, 2.24) is 16.2 Å². The quantitative estimate of drug-likeness (QED) is 0.573. The number of hydrogen-bond donors (Lipinski definition) is 3. The fourth-order valence-electron chi connectivity index (χ4n) is 1.51. The zero-order valence-electron chi connectivity index (χ0n) is 12.3. The number of thiocarbonyl (C=S) groups is 1. The molecule has 0 radical (unpaired) electrons. The fraction of sp³-hybridized carbons (Fsp3) is 0.429. The highest BCUT2D eigenvalue weighted by atomic mass is 32.1. The normalized spacial score (nSPS) is 10.1. The molecule has 0 aromatic heterocycles. The van der Waals surface area contributed by atoms with Gasteiger partial charge < -0.3 is 10.1 Å². The maximum absolute atomic E-state index is 13.5. The number of ether oxygens (including phenoxy) is 1. The molecule has 1 rings (SSSR count). The van der Waals surface area contributed by atoms with Crippen molar-refractivity contribution in [2.24, 2.45) is 5.92 Å². The molecule has 0 unspecified atom stereocenters. The highest BCUT2D eigenvalue weighted by Crippen LogP contribution is 2.17. The smallest absolute Gasteiger partial charge is 0.269 e. The largest absolute Gasteiger partial charge is 0.494 e. The first kappa shape index (κ1) is 17.2. The van der Waals surface area contributed by atoms with Crippen molar-refractivity contribution in [2.75, 3.05) is 13.7 Å². The molecule has 3 N–H and O–H groups in total. The Balaban J connectivity index is 2.43. The van der Waals surface area contributed by atoms with Crippen molar-refractivity contribution in [3.05, 3.63) is 29.6 Å². The van der Waals surface area contributed by atoms with Crippen LogP contribution in [0.3, 0.4) is 0 Å². The fourth-order valence-corrected chi connectivity index (χ4v) is 1.66. The summed E-state index contributed by atoms with van der Waals surface area (Å²) in [5, 5.41) is 3.28. The minimum absolute atomic E-state index is 0.0883. The van der Waals surface area contributed by atoms with Gasteiger partial charge in [-0.1, -0.05) is 13.8 Å². The highest BCUT2D eigenvalue weighted by Gasteiger charge is 2.10. The molecule has 0 aliphatic rings. The Hall–Kier alpha value is -1.89. The van der Waals surface area contributed by atoms with Crippen LogP contribution in [0.1, 0.15) is 30.6 Å². The van der Waals surface area contributed by atoms with Gasteiger partial charge in [-0.05, 0) is 42.8 Å². The zero-order chi connectivity index (χ0) is 15.8. The van der Waals surface area contributed by atoms with E-state index in [0.29, 0.717) is 11.0 Å². The number of methoxy groups -OCH3 is 1. The Bertz CT molecular complexity index is 509. The van der Waals surface area contributed by atoms with Crippen LogP contribution in [0.15, 0.2) is 18.2 Å². The van der Waals surface area contributed by atoms with Gasteiger partial charge in [-0.2, -0.15) is 0 Å². The minimum atomic E-state index is -0.595. The minimum Gasteiger partial charge on any atom is -0.494 e. The lowest BCUT2D eigenvalue weighted by Crippen LogP contribution is -2.47. The van der Waals surface area contributed by atoms with Gasteiger partial charge in [0.1, 0.15) is 0 Å². The second-order valence-corrected chi connectivity index (χ2v) is 5.28. The predicted molar refractivity (Wildman–Crippen MR) is 83.6 cm³/mol. The third kappa shape index (κ3) is 5.95. The first-order valence-corrected chi connectivity index (χ1v) is 7.02. The summed E-state index contributed by atoms with van der Waals surface area (Å²) in [6, 6.07) is 3.96. The predicted octanol–water partition coefficient (Wildman–Crippen LogP) is 1.99. The Kier molecular flexibility index (Phi) is 6.87. The lowest BCUT2D eigenvalue weighted by molar-refractivity contribution is 0.0943. The van der Waals surface area contributed by atoms with Gasteiger partial charge in [0, 0.05) is 12.1 Å². The molecule has 1 aromatic carbocycles. The van der Waals surface area contributed by atoms with Crippen LogP contribution in [-0.2, 0) is 0 Å². The molecule has 0 aliphatic heterocycles. The van der Waals surface area contributed by atoms with E-state index in [1.54, 1.807) is 0 Å². The van der Waals surface area contributed by atoms with E-state index in [4.69, 9.17) is 17.0 Å². The Morgan fingerprint density at radius 2 is 2.10 bits per heavy atom. The number of benzene rings is 1. The molecule has 116 valence electrons. The molecule has 0 atom stereocenters. The second-order valence-electron chi connectivity index (χ2n) is 4.87. The van der Waals surface area contributed by atoms with E-state index in [1.165, 1.54) is 19.2 Å². The summed E-state index contributed by atoms with van der Waals surface area (Å²) >= 11 is 5.01. The molecule has 1 aromatic rings. The van der Waals surface area contributed by atoms with E-state index in [-0.39, 0.29) is 11.3 Å². The maximum Gasteiger partial charge on any atom is 0.269 e. The van der Waals surface area contributed by atoms with Crippen LogP contribution in [-0.4, -0.2) is 24.7 Å². The Labute approximate surface area is 129 Å². The van der Waals surface area contributed by atoms with Gasteiger partial charge in [-0.3, -0.25) is 15.6 Å². The van der Waals surface area contributed by atoms with E-state index in [0.717, 1.165) is 19.0 Å². The highest BCUT2D eigenvalue weighted by molar-refractivity contribution is 7.80. The molecule has 0 bridgehead atoms. The molecule has 0 aliphatic carbocycles. The number of rotatable bonds is 5. The number of carbonyl (C=O) groups excluding carboxylic acids is 1. The van der Waals surface area contributed by atoms with Crippen LogP contribution in [0.5, 0.6) is 5.75 Å². The molecule has 5 nitrogen and oxygen atoms in total. The summed E-state index contributed by atoms with van der Waals surface area (Å²) < 4.78 is 18.3. The molecule has 0 saturated heterocycles. The van der Waals surface area contributed by atoms with Gasteiger partial charge in [0.25, 0.3) is 5.91 Å². The molecular formula is C14H20FN3O2S. The van der Waals surface area contributed by atoms with Crippen molar-refractivity contribution in [3.8, 4) is 5.75 Å². The summed E-state index contributed by atoms with van der Waals surface area (Å²) in [4.78, 5) is 11.8. The molecule has 0 fully saturated rings. The van der Waals surface area contributed by atoms with Crippen molar-refractivity contribution in [1.29, 1.82) is 0 Å². The van der Waals surface area contributed by atoms with E-state index in [1.807, 2.05) is 0 Å². The Morgan fingerprint density at radius 3 is 2.67 bits per heavy atom. The van der Waals surface area contributed by atoms with E-state index in [9.17, 15) is 9.18 Å². The summed E-state index contributed by atoms with van der Waals surface area (Å²) in [6.45, 7) is 4.94. The first-order chi connectivity index (χ1) is 9.93. The average molecular weight is 313 g/mol. The topological polar surface area (TPSA) is 62.4 Å². The van der Waals surface area contributed by atoms with Gasteiger partial charge in [-0.25, -0.2) is 4.39 Å². The summed E-state index contributed by atoms with van der Waals surface area (Å²) in [5.41, 5.74) is 5.14. The Morgan fingerprint density at radius 1 is 1.38 bits per heavy atom. The van der Waals surface area contributed by atoms with Gasteiger partial charge in [0.2, 0.25) is 0 Å². The van der Waals surface area contributed by atoms with E-state index < -0.39 is 11.7 Å². The van der Waals surface area contributed by atoms with Gasteiger partial charge in [0.05, 0.1) is 7.11 Å². The molecule has 0 spiro atoms. The first-order valence-electron chi connectivity index (χ1n) is 6.61. The molecule has 0 heterocycles. The molecule has 7 heteroatoms. The molecule has 0 saturated carbocycles. The monoisotopic (exact) mass is 313 g/mol. The van der Waals surface area contributed by atoms with Crippen molar-refractivity contribution < 1.29 is 13.9 Å². The van der Waals surface area contributed by atoms with Crippen LogP contribution >= 0.6 is 12.2 Å². The van der Waals surface area contributed by atoms with Crippen LogP contribution in [0, 0.1) is 11.7 Å². The maximum atomic E-state index is 13.5. The van der Waals surface area contributed by atoms with E-state index in [2.05, 4.69) is 30.0 Å². The summed E-state index contributed by atoms with van der Waals surface area (Å²) in [5.74, 6) is -0.421. The number of hydrogen-bond acceptors (Lipinski definition) is 3. The lowest BCUT2D eigenvalue weighted by atomic mass is 10.1. The SMILES string of the molecule is COc1ccc(C(=O)NNC(=S)NCCC(C)C)cc1F. The molecule has 21 heavy (non-hydrogen) atoms. The lowest BCUT2D eigenvalue weighted by Gasteiger charge is -2.12. The average Bonchev–Trinajstić information content (AvgIpc) is 2.44. The third-order valence-electron chi connectivity index (χ3n) is 2.71. The summed E-state index contributed by atoms with van der Waals surface area (Å²) in [6.07, 6.45) is 0.972. The van der Waals surface area contributed by atoms with Gasteiger partial charge >= 0.3 is 0 Å². The van der Waals surface area contributed by atoms with Crippen molar-refractivity contribution in [3.63, 3.8) is 0 Å². The second kappa shape index (κ2) is 8.41. The standard InChI is InChI=1S/C14H20FN3O2S/c1-9(2)6-7-16-14(21)18-17-13(19)10-4-5-12(20-3)11(15)8-10/h4-5,8-9H,6-7H2,1-3H3,(H,17,19)(H2,16,18,21).